The lowest BCUT2D eigenvalue weighted by molar-refractivity contribution is 0.102. The molecule has 136 valence electrons. The van der Waals surface area contributed by atoms with E-state index in [9.17, 15) is 9.18 Å². The fraction of sp³-hybridized carbons (Fsp3) is 0.389. The van der Waals surface area contributed by atoms with E-state index in [0.717, 1.165) is 42.7 Å². The van der Waals surface area contributed by atoms with Crippen molar-refractivity contribution in [2.45, 2.75) is 25.7 Å². The van der Waals surface area contributed by atoms with Crippen molar-refractivity contribution in [1.29, 1.82) is 0 Å². The number of aromatic amines is 1. The predicted octanol–water partition coefficient (Wildman–Crippen LogP) is 2.46. The third kappa shape index (κ3) is 3.08. The normalized spacial score (nSPS) is 15.5. The molecular formula is C18H21FN6O. The summed E-state index contributed by atoms with van der Waals surface area (Å²) in [4.78, 5) is 20.1. The van der Waals surface area contributed by atoms with Gasteiger partial charge in [0.25, 0.3) is 5.91 Å². The molecule has 0 bridgehead atoms. The number of hydrogen-bond acceptors (Lipinski definition) is 4. The molecule has 0 aliphatic carbocycles. The molecule has 2 aromatic heterocycles. The molecular weight excluding hydrogens is 335 g/mol. The van der Waals surface area contributed by atoms with Crippen LogP contribution in [0.25, 0.3) is 10.9 Å². The van der Waals surface area contributed by atoms with E-state index in [2.05, 4.69) is 25.7 Å². The molecule has 1 fully saturated rings. The zero-order valence-corrected chi connectivity index (χ0v) is 14.8. The van der Waals surface area contributed by atoms with Gasteiger partial charge in [0.05, 0.1) is 0 Å². The zero-order chi connectivity index (χ0) is 18.3. The van der Waals surface area contributed by atoms with Gasteiger partial charge >= 0.3 is 0 Å². The molecule has 0 spiro atoms. The lowest BCUT2D eigenvalue weighted by Gasteiger charge is -2.19. The Morgan fingerprint density at radius 2 is 2.08 bits per heavy atom. The Morgan fingerprint density at radius 1 is 1.31 bits per heavy atom. The Bertz CT molecular complexity index is 970. The third-order valence-corrected chi connectivity index (χ3v) is 4.86. The lowest BCUT2D eigenvalue weighted by Crippen LogP contribution is -2.27. The van der Waals surface area contributed by atoms with E-state index in [0.29, 0.717) is 23.1 Å². The summed E-state index contributed by atoms with van der Waals surface area (Å²) < 4.78 is 15.1. The summed E-state index contributed by atoms with van der Waals surface area (Å²) in [5.41, 5.74) is 1.74. The number of nitrogens with one attached hydrogen (secondary N) is 3. The average molecular weight is 356 g/mol. The first-order valence-corrected chi connectivity index (χ1v) is 8.73. The van der Waals surface area contributed by atoms with Gasteiger partial charge in [0.1, 0.15) is 11.5 Å². The molecule has 0 saturated carbocycles. The number of H-pyrrole nitrogens is 1. The van der Waals surface area contributed by atoms with Gasteiger partial charge < -0.3 is 10.3 Å². The largest absolute Gasteiger partial charge is 0.350 e. The van der Waals surface area contributed by atoms with Gasteiger partial charge in [-0.15, -0.1) is 0 Å². The van der Waals surface area contributed by atoms with Crippen molar-refractivity contribution < 1.29 is 9.18 Å². The number of benzene rings is 1. The van der Waals surface area contributed by atoms with Crippen LogP contribution in [0.15, 0.2) is 18.2 Å². The maximum Gasteiger partial charge on any atom is 0.274 e. The number of aromatic nitrogens is 4. The van der Waals surface area contributed by atoms with Gasteiger partial charge in [0.15, 0.2) is 5.82 Å². The van der Waals surface area contributed by atoms with Crippen LogP contribution in [-0.2, 0) is 7.05 Å². The van der Waals surface area contributed by atoms with Gasteiger partial charge in [-0.3, -0.25) is 10.1 Å². The molecule has 1 aromatic carbocycles. The van der Waals surface area contributed by atoms with Crippen molar-refractivity contribution >= 4 is 22.8 Å². The quantitative estimate of drug-likeness (QED) is 0.673. The Hall–Kier alpha value is -2.74. The van der Waals surface area contributed by atoms with Crippen LogP contribution in [0.4, 0.5) is 10.3 Å². The number of halogens is 1. The maximum absolute atomic E-state index is 13.5. The van der Waals surface area contributed by atoms with Gasteiger partial charge in [-0.25, -0.2) is 9.07 Å². The number of amides is 1. The van der Waals surface area contributed by atoms with Gasteiger partial charge in [0.2, 0.25) is 5.95 Å². The lowest BCUT2D eigenvalue weighted by atomic mass is 9.98. The van der Waals surface area contributed by atoms with Crippen molar-refractivity contribution in [2.24, 2.45) is 7.05 Å². The van der Waals surface area contributed by atoms with Crippen LogP contribution in [0.2, 0.25) is 0 Å². The van der Waals surface area contributed by atoms with Gasteiger partial charge in [-0.1, -0.05) is 0 Å². The minimum atomic E-state index is -0.330. The number of carbonyl (C=O) groups excluding carboxylic acids is 1. The topological polar surface area (TPSA) is 87.6 Å². The van der Waals surface area contributed by atoms with Crippen molar-refractivity contribution in [3.8, 4) is 0 Å². The van der Waals surface area contributed by atoms with Gasteiger partial charge in [-0.2, -0.15) is 10.1 Å². The molecule has 0 atom stereocenters. The van der Waals surface area contributed by atoms with E-state index in [1.165, 1.54) is 12.1 Å². The predicted molar refractivity (Wildman–Crippen MR) is 96.8 cm³/mol. The van der Waals surface area contributed by atoms with Crippen LogP contribution < -0.4 is 10.6 Å². The first-order chi connectivity index (χ1) is 12.5. The Morgan fingerprint density at radius 3 is 2.85 bits per heavy atom. The van der Waals surface area contributed by atoms with Crippen LogP contribution in [-0.4, -0.2) is 38.7 Å². The molecule has 1 aliphatic heterocycles. The summed E-state index contributed by atoms with van der Waals surface area (Å²) >= 11 is 0. The number of anilines is 1. The number of fused-ring (bicyclic) bond motifs is 1. The number of piperidine rings is 1. The van der Waals surface area contributed by atoms with Crippen molar-refractivity contribution in [1.82, 2.24) is 25.1 Å². The summed E-state index contributed by atoms with van der Waals surface area (Å²) in [7, 11) is 1.76. The summed E-state index contributed by atoms with van der Waals surface area (Å²) in [5.74, 6) is 0.827. The van der Waals surface area contributed by atoms with Crippen molar-refractivity contribution in [2.75, 3.05) is 18.4 Å². The van der Waals surface area contributed by atoms with Crippen LogP contribution in [0.5, 0.6) is 0 Å². The fourth-order valence-corrected chi connectivity index (χ4v) is 3.43. The molecule has 1 saturated heterocycles. The number of carbonyl (C=O) groups is 1. The second-order valence-electron chi connectivity index (χ2n) is 6.76. The van der Waals surface area contributed by atoms with E-state index in [-0.39, 0.29) is 11.7 Å². The van der Waals surface area contributed by atoms with E-state index in [4.69, 9.17) is 0 Å². The minimum absolute atomic E-state index is 0.312. The highest BCUT2D eigenvalue weighted by atomic mass is 19.1. The first kappa shape index (κ1) is 16.7. The first-order valence-electron chi connectivity index (χ1n) is 8.73. The molecule has 7 nitrogen and oxygen atoms in total. The van der Waals surface area contributed by atoms with Gasteiger partial charge in [-0.05, 0) is 56.6 Å². The van der Waals surface area contributed by atoms with E-state index < -0.39 is 0 Å². The molecule has 3 N–H and O–H groups in total. The van der Waals surface area contributed by atoms with Crippen LogP contribution in [0.1, 0.15) is 40.6 Å². The molecule has 0 radical (unpaired) electrons. The summed E-state index contributed by atoms with van der Waals surface area (Å²) in [5, 5.41) is 11.4. The molecule has 26 heavy (non-hydrogen) atoms. The number of rotatable bonds is 3. The molecule has 4 rings (SSSR count). The SMILES string of the molecule is Cc1cc(F)cc2[nH]c(C(=O)Nc3nc(C4CCNCC4)nn3C)cc12. The second-order valence-corrected chi connectivity index (χ2v) is 6.76. The number of nitrogens with zero attached hydrogens (tertiary/aromatic N) is 3. The Kier molecular flexibility index (Phi) is 4.20. The average Bonchev–Trinajstić information content (AvgIpc) is 3.20. The van der Waals surface area contributed by atoms with Crippen LogP contribution >= 0.6 is 0 Å². The smallest absolute Gasteiger partial charge is 0.274 e. The molecule has 3 aromatic rings. The Labute approximate surface area is 150 Å². The standard InChI is InChI=1S/C18H21FN6O/c1-10-7-12(19)8-14-13(10)9-15(21-14)17(26)23-18-22-16(24-25(18)2)11-3-5-20-6-4-11/h7-9,11,20-21H,3-6H2,1-2H3,(H,22,23,24,26). The molecule has 1 aliphatic rings. The molecule has 0 unspecified atom stereocenters. The highest BCUT2D eigenvalue weighted by Crippen LogP contribution is 2.24. The molecule has 3 heterocycles. The van der Waals surface area contributed by atoms with Gasteiger partial charge in [0, 0.05) is 23.9 Å². The maximum atomic E-state index is 13.5. The summed E-state index contributed by atoms with van der Waals surface area (Å²) in [6.45, 7) is 3.72. The van der Waals surface area contributed by atoms with E-state index >= 15 is 0 Å². The van der Waals surface area contributed by atoms with Crippen molar-refractivity contribution in [3.63, 3.8) is 0 Å². The van der Waals surface area contributed by atoms with Crippen LogP contribution in [0, 0.1) is 12.7 Å². The van der Waals surface area contributed by atoms with E-state index in [1.807, 2.05) is 6.92 Å². The number of aryl methyl sites for hydroxylation is 2. The van der Waals surface area contributed by atoms with E-state index in [1.54, 1.807) is 17.8 Å². The molecule has 8 heteroatoms. The monoisotopic (exact) mass is 356 g/mol. The zero-order valence-electron chi connectivity index (χ0n) is 14.8. The fourth-order valence-electron chi connectivity index (χ4n) is 3.43. The highest BCUT2D eigenvalue weighted by Gasteiger charge is 2.22. The summed E-state index contributed by atoms with van der Waals surface area (Å²) in [6.07, 6.45) is 1.98. The number of hydrogen-bond donors (Lipinski definition) is 3. The highest BCUT2D eigenvalue weighted by molar-refractivity contribution is 6.05. The third-order valence-electron chi connectivity index (χ3n) is 4.86. The summed E-state index contributed by atoms with van der Waals surface area (Å²) in [6, 6.07) is 4.56. The van der Waals surface area contributed by atoms with Crippen LogP contribution in [0.3, 0.4) is 0 Å². The molecule has 1 amide bonds. The van der Waals surface area contributed by atoms with Crippen molar-refractivity contribution in [3.05, 3.63) is 41.1 Å². The minimum Gasteiger partial charge on any atom is -0.350 e. The second kappa shape index (κ2) is 6.53. The Balaban J connectivity index is 1.56.